The first-order valence-corrected chi connectivity index (χ1v) is 7.84. The van der Waals surface area contributed by atoms with Gasteiger partial charge in [0, 0.05) is 30.8 Å². The van der Waals surface area contributed by atoms with Gasteiger partial charge in [0.1, 0.15) is 18.5 Å². The number of hydrogen-bond donors (Lipinski definition) is 1. The van der Waals surface area contributed by atoms with E-state index < -0.39 is 6.10 Å². The number of ether oxygens (including phenoxy) is 2. The van der Waals surface area contributed by atoms with Crippen molar-refractivity contribution in [1.82, 2.24) is 4.90 Å². The van der Waals surface area contributed by atoms with Crippen molar-refractivity contribution in [2.75, 3.05) is 33.4 Å². The van der Waals surface area contributed by atoms with Gasteiger partial charge >= 0.3 is 0 Å². The number of rotatable bonds is 7. The van der Waals surface area contributed by atoms with E-state index in [1.165, 1.54) is 0 Å². The molecule has 21 heavy (non-hydrogen) atoms. The van der Waals surface area contributed by atoms with Crippen molar-refractivity contribution >= 4 is 23.2 Å². The van der Waals surface area contributed by atoms with Gasteiger partial charge in [-0.05, 0) is 31.5 Å². The Kier molecular flexibility index (Phi) is 6.58. The molecule has 1 aromatic rings. The molecular formula is C15H21Cl2NO3. The van der Waals surface area contributed by atoms with Crippen LogP contribution in [0.2, 0.25) is 10.0 Å². The lowest BCUT2D eigenvalue weighted by molar-refractivity contribution is 0.0459. The average molecular weight is 334 g/mol. The maximum atomic E-state index is 10.1. The number of methoxy groups -OCH3 is 1. The first-order valence-electron chi connectivity index (χ1n) is 7.09. The van der Waals surface area contributed by atoms with Gasteiger partial charge < -0.3 is 14.6 Å². The molecule has 1 aromatic carbocycles. The molecule has 0 saturated carbocycles. The molecule has 1 fully saturated rings. The largest absolute Gasteiger partial charge is 0.489 e. The van der Waals surface area contributed by atoms with Gasteiger partial charge in [0.2, 0.25) is 0 Å². The van der Waals surface area contributed by atoms with Crippen molar-refractivity contribution in [1.29, 1.82) is 0 Å². The third-order valence-electron chi connectivity index (χ3n) is 3.63. The third kappa shape index (κ3) is 5.01. The Balaban J connectivity index is 1.81. The van der Waals surface area contributed by atoms with Crippen molar-refractivity contribution < 1.29 is 14.6 Å². The molecule has 0 bridgehead atoms. The van der Waals surface area contributed by atoms with Crippen LogP contribution in [-0.4, -0.2) is 55.6 Å². The summed E-state index contributed by atoms with van der Waals surface area (Å²) < 4.78 is 10.8. The van der Waals surface area contributed by atoms with Crippen LogP contribution in [0, 0.1) is 0 Å². The van der Waals surface area contributed by atoms with E-state index in [0.29, 0.717) is 35.0 Å². The summed E-state index contributed by atoms with van der Waals surface area (Å²) in [6, 6.07) is 5.42. The van der Waals surface area contributed by atoms with Crippen LogP contribution in [0.15, 0.2) is 18.2 Å². The highest BCUT2D eigenvalue weighted by atomic mass is 35.5. The minimum absolute atomic E-state index is 0.191. The molecule has 1 N–H and O–H groups in total. The second-order valence-electron chi connectivity index (χ2n) is 5.29. The Labute approximate surface area is 135 Å². The maximum Gasteiger partial charge on any atom is 0.139 e. The Hall–Kier alpha value is -0.520. The first kappa shape index (κ1) is 16.8. The van der Waals surface area contributed by atoms with Crippen LogP contribution in [-0.2, 0) is 4.74 Å². The summed E-state index contributed by atoms with van der Waals surface area (Å²) in [6.45, 7) is 2.46. The Morgan fingerprint density at radius 3 is 3.00 bits per heavy atom. The smallest absolute Gasteiger partial charge is 0.139 e. The summed E-state index contributed by atoms with van der Waals surface area (Å²) in [5.41, 5.74) is 0. The van der Waals surface area contributed by atoms with Crippen LogP contribution in [0.5, 0.6) is 5.75 Å². The molecule has 118 valence electrons. The van der Waals surface area contributed by atoms with Gasteiger partial charge in [0.05, 0.1) is 11.6 Å². The van der Waals surface area contributed by atoms with E-state index >= 15 is 0 Å². The van der Waals surface area contributed by atoms with E-state index in [9.17, 15) is 5.11 Å². The normalized spacial score (nSPS) is 20.7. The van der Waals surface area contributed by atoms with Gasteiger partial charge in [0.25, 0.3) is 0 Å². The van der Waals surface area contributed by atoms with Gasteiger partial charge in [-0.1, -0.05) is 23.2 Å². The van der Waals surface area contributed by atoms with Crippen LogP contribution < -0.4 is 4.74 Å². The molecule has 1 heterocycles. The second kappa shape index (κ2) is 8.20. The summed E-state index contributed by atoms with van der Waals surface area (Å²) in [5, 5.41) is 11.2. The van der Waals surface area contributed by atoms with Crippen molar-refractivity contribution in [3.05, 3.63) is 28.2 Å². The number of likely N-dealkylation sites (tertiary alicyclic amines) is 1. The molecule has 4 nitrogen and oxygen atoms in total. The van der Waals surface area contributed by atoms with Crippen LogP contribution in [0.1, 0.15) is 12.8 Å². The van der Waals surface area contributed by atoms with Gasteiger partial charge in [0.15, 0.2) is 0 Å². The van der Waals surface area contributed by atoms with E-state index in [4.69, 9.17) is 32.7 Å². The van der Waals surface area contributed by atoms with Crippen molar-refractivity contribution in [2.24, 2.45) is 0 Å². The minimum atomic E-state index is -0.572. The van der Waals surface area contributed by atoms with E-state index in [1.54, 1.807) is 25.3 Å². The zero-order valence-corrected chi connectivity index (χ0v) is 13.6. The van der Waals surface area contributed by atoms with Gasteiger partial charge in [-0.3, -0.25) is 4.90 Å². The zero-order chi connectivity index (χ0) is 15.2. The van der Waals surface area contributed by atoms with Crippen LogP contribution >= 0.6 is 23.2 Å². The lowest BCUT2D eigenvalue weighted by Crippen LogP contribution is -2.40. The average Bonchev–Trinajstić information content (AvgIpc) is 2.87. The van der Waals surface area contributed by atoms with Crippen LogP contribution in [0.4, 0.5) is 0 Å². The number of β-amino-alcohol motifs (C(OH)–C–C–N with tert-alkyl or cyclic N) is 1. The predicted molar refractivity (Wildman–Crippen MR) is 84.4 cm³/mol. The quantitative estimate of drug-likeness (QED) is 0.833. The first-order chi connectivity index (χ1) is 10.1. The summed E-state index contributed by atoms with van der Waals surface area (Å²) in [6.07, 6.45) is 1.68. The Morgan fingerprint density at radius 2 is 2.24 bits per heavy atom. The molecule has 2 rings (SSSR count). The summed E-state index contributed by atoms with van der Waals surface area (Å²) in [7, 11) is 1.71. The number of halogens is 2. The van der Waals surface area contributed by atoms with Crippen molar-refractivity contribution in [3.8, 4) is 5.75 Å². The monoisotopic (exact) mass is 333 g/mol. The summed E-state index contributed by atoms with van der Waals surface area (Å²) >= 11 is 11.9. The zero-order valence-electron chi connectivity index (χ0n) is 12.1. The molecule has 0 radical (unpaired) electrons. The highest BCUT2D eigenvalue weighted by molar-refractivity contribution is 6.34. The fraction of sp³-hybridized carbons (Fsp3) is 0.600. The van der Waals surface area contributed by atoms with Crippen molar-refractivity contribution in [2.45, 2.75) is 25.0 Å². The summed E-state index contributed by atoms with van der Waals surface area (Å²) in [5.74, 6) is 0.498. The number of aliphatic hydroxyl groups excluding tert-OH is 1. The van der Waals surface area contributed by atoms with Gasteiger partial charge in [-0.2, -0.15) is 0 Å². The highest BCUT2D eigenvalue weighted by Gasteiger charge is 2.26. The standard InChI is InChI=1S/C15H21Cl2NO3/c1-20-9-12-3-2-6-18(12)8-13(19)10-21-15-7-11(16)4-5-14(15)17/h4-5,7,12-13,19H,2-3,6,8-10H2,1H3. The molecular weight excluding hydrogens is 313 g/mol. The van der Waals surface area contributed by atoms with Gasteiger partial charge in [-0.15, -0.1) is 0 Å². The molecule has 1 aliphatic rings. The molecule has 1 aliphatic heterocycles. The van der Waals surface area contributed by atoms with Gasteiger partial charge in [-0.25, -0.2) is 0 Å². The number of aliphatic hydroxyl groups is 1. The van der Waals surface area contributed by atoms with Crippen LogP contribution in [0.3, 0.4) is 0 Å². The van der Waals surface area contributed by atoms with Crippen molar-refractivity contribution in [3.63, 3.8) is 0 Å². The highest BCUT2D eigenvalue weighted by Crippen LogP contribution is 2.27. The second-order valence-corrected chi connectivity index (χ2v) is 6.13. The SMILES string of the molecule is COCC1CCCN1CC(O)COc1cc(Cl)ccc1Cl. The molecule has 1 saturated heterocycles. The molecule has 0 aromatic heterocycles. The Morgan fingerprint density at radius 1 is 1.43 bits per heavy atom. The Bertz CT molecular complexity index is 459. The lowest BCUT2D eigenvalue weighted by Gasteiger charge is -2.26. The number of nitrogens with zero attached hydrogens (tertiary/aromatic N) is 1. The molecule has 6 heteroatoms. The molecule has 0 aliphatic carbocycles. The van der Waals surface area contributed by atoms with E-state index in [-0.39, 0.29) is 6.61 Å². The number of hydrogen-bond acceptors (Lipinski definition) is 4. The molecule has 2 unspecified atom stereocenters. The van der Waals surface area contributed by atoms with E-state index in [1.807, 2.05) is 0 Å². The summed E-state index contributed by atoms with van der Waals surface area (Å²) in [4.78, 5) is 2.25. The lowest BCUT2D eigenvalue weighted by atomic mass is 10.2. The molecule has 2 atom stereocenters. The van der Waals surface area contributed by atoms with E-state index in [2.05, 4.69) is 4.90 Å². The topological polar surface area (TPSA) is 41.9 Å². The minimum Gasteiger partial charge on any atom is -0.489 e. The van der Waals surface area contributed by atoms with Crippen LogP contribution in [0.25, 0.3) is 0 Å². The maximum absolute atomic E-state index is 10.1. The van der Waals surface area contributed by atoms with E-state index in [0.717, 1.165) is 19.4 Å². The fourth-order valence-corrected chi connectivity index (χ4v) is 2.95. The third-order valence-corrected chi connectivity index (χ3v) is 4.18. The number of benzene rings is 1. The molecule has 0 amide bonds. The molecule has 0 spiro atoms. The fourth-order valence-electron chi connectivity index (χ4n) is 2.61. The predicted octanol–water partition coefficient (Wildman–Crippen LogP) is 2.84.